The number of rotatable bonds is 4. The summed E-state index contributed by atoms with van der Waals surface area (Å²) >= 11 is 0. The molecule has 2 atom stereocenters. The van der Waals surface area contributed by atoms with Crippen LogP contribution in [0.5, 0.6) is 0 Å². The van der Waals surface area contributed by atoms with Gasteiger partial charge in [-0.3, -0.25) is 4.79 Å². The van der Waals surface area contributed by atoms with Crippen molar-refractivity contribution in [2.24, 2.45) is 11.3 Å². The van der Waals surface area contributed by atoms with Gasteiger partial charge in [0, 0.05) is 6.04 Å². The number of hydrogen-bond acceptors (Lipinski definition) is 2. The molecule has 2 fully saturated rings. The first-order valence-corrected chi connectivity index (χ1v) is 6.98. The number of carboxylic acid groups (broad SMARTS) is 1. The van der Waals surface area contributed by atoms with E-state index < -0.39 is 11.4 Å². The van der Waals surface area contributed by atoms with E-state index in [2.05, 4.69) is 4.90 Å². The smallest absolute Gasteiger partial charge is 0.309 e. The van der Waals surface area contributed by atoms with Crippen molar-refractivity contribution in [1.82, 2.24) is 4.90 Å². The lowest BCUT2D eigenvalue weighted by atomic mass is 9.84. The Balaban J connectivity index is 1.86. The fourth-order valence-corrected chi connectivity index (χ4v) is 3.31. The van der Waals surface area contributed by atoms with Crippen LogP contribution < -0.4 is 0 Å². The van der Waals surface area contributed by atoms with E-state index >= 15 is 0 Å². The van der Waals surface area contributed by atoms with Crippen LogP contribution in [0.1, 0.15) is 52.4 Å². The highest BCUT2D eigenvalue weighted by molar-refractivity contribution is 5.73. The van der Waals surface area contributed by atoms with Gasteiger partial charge in [-0.05, 0) is 58.5 Å². The van der Waals surface area contributed by atoms with E-state index in [-0.39, 0.29) is 0 Å². The monoisotopic (exact) mass is 239 g/mol. The average molecular weight is 239 g/mol. The second-order valence-corrected chi connectivity index (χ2v) is 6.38. The largest absolute Gasteiger partial charge is 0.481 e. The van der Waals surface area contributed by atoms with E-state index in [4.69, 9.17) is 5.11 Å². The van der Waals surface area contributed by atoms with E-state index in [1.165, 1.54) is 38.6 Å². The van der Waals surface area contributed by atoms with E-state index in [0.717, 1.165) is 24.9 Å². The Labute approximate surface area is 104 Å². The predicted molar refractivity (Wildman–Crippen MR) is 68.0 cm³/mol. The van der Waals surface area contributed by atoms with Crippen LogP contribution in [0, 0.1) is 11.3 Å². The summed E-state index contributed by atoms with van der Waals surface area (Å²) in [4.78, 5) is 13.6. The molecule has 2 rings (SSSR count). The van der Waals surface area contributed by atoms with Gasteiger partial charge in [0.2, 0.25) is 0 Å². The fraction of sp³-hybridized carbons (Fsp3) is 0.929. The van der Waals surface area contributed by atoms with E-state index in [9.17, 15) is 4.79 Å². The molecule has 0 aromatic rings. The van der Waals surface area contributed by atoms with Crippen LogP contribution in [0.4, 0.5) is 0 Å². The highest BCUT2D eigenvalue weighted by Crippen LogP contribution is 2.36. The van der Waals surface area contributed by atoms with Crippen molar-refractivity contribution >= 4 is 5.97 Å². The maximum absolute atomic E-state index is 11.1. The summed E-state index contributed by atoms with van der Waals surface area (Å²) in [5.74, 6) is 0.230. The van der Waals surface area contributed by atoms with Crippen LogP contribution >= 0.6 is 0 Å². The molecule has 0 aromatic carbocycles. The number of likely N-dealkylation sites (tertiary alicyclic amines) is 1. The molecule has 3 heteroatoms. The van der Waals surface area contributed by atoms with Crippen LogP contribution in [0.25, 0.3) is 0 Å². The van der Waals surface area contributed by atoms with Crippen molar-refractivity contribution in [1.29, 1.82) is 0 Å². The Bertz CT molecular complexity index is 288. The highest BCUT2D eigenvalue weighted by atomic mass is 16.4. The number of carbonyl (C=O) groups is 1. The summed E-state index contributed by atoms with van der Waals surface area (Å²) in [6.45, 7) is 5.82. The van der Waals surface area contributed by atoms with E-state index in [0.29, 0.717) is 0 Å². The van der Waals surface area contributed by atoms with Gasteiger partial charge in [0.05, 0.1) is 5.41 Å². The van der Waals surface area contributed by atoms with Gasteiger partial charge in [-0.15, -0.1) is 0 Å². The Hall–Kier alpha value is -0.570. The molecule has 3 nitrogen and oxygen atoms in total. The van der Waals surface area contributed by atoms with Gasteiger partial charge in [-0.25, -0.2) is 0 Å². The zero-order valence-corrected chi connectivity index (χ0v) is 11.1. The number of fused-ring (bicyclic) bond motifs is 1. The molecule has 98 valence electrons. The van der Waals surface area contributed by atoms with Crippen molar-refractivity contribution in [2.75, 3.05) is 13.1 Å². The topological polar surface area (TPSA) is 40.5 Å². The van der Waals surface area contributed by atoms with Gasteiger partial charge in [0.1, 0.15) is 0 Å². The molecule has 2 unspecified atom stereocenters. The number of aliphatic carboxylic acids is 1. The lowest BCUT2D eigenvalue weighted by Gasteiger charge is -2.33. The third-order valence-electron chi connectivity index (χ3n) is 4.73. The third-order valence-corrected chi connectivity index (χ3v) is 4.73. The SMILES string of the molecule is CC(C)(CCN1CCC2CCCCC21)C(=O)O. The molecule has 0 amide bonds. The molecule has 1 aliphatic heterocycles. The molecule has 2 aliphatic rings. The minimum atomic E-state index is -0.670. The lowest BCUT2D eigenvalue weighted by Crippen LogP contribution is -2.38. The van der Waals surface area contributed by atoms with Crippen LogP contribution in [-0.4, -0.2) is 35.1 Å². The molecule has 0 aromatic heterocycles. The fourth-order valence-electron chi connectivity index (χ4n) is 3.31. The maximum Gasteiger partial charge on any atom is 0.309 e. The molecule has 0 radical (unpaired) electrons. The predicted octanol–water partition coefficient (Wildman–Crippen LogP) is 2.75. The molecule has 0 bridgehead atoms. The zero-order chi connectivity index (χ0) is 12.5. The molecule has 1 N–H and O–H groups in total. The number of nitrogens with zero attached hydrogens (tertiary/aromatic N) is 1. The molecule has 1 aliphatic carbocycles. The summed E-state index contributed by atoms with van der Waals surface area (Å²) < 4.78 is 0. The van der Waals surface area contributed by atoms with Crippen LogP contribution in [0.15, 0.2) is 0 Å². The molecule has 1 heterocycles. The Morgan fingerprint density at radius 1 is 1.29 bits per heavy atom. The second kappa shape index (κ2) is 4.97. The van der Waals surface area contributed by atoms with Gasteiger partial charge < -0.3 is 10.0 Å². The van der Waals surface area contributed by atoms with Crippen LogP contribution in [0.3, 0.4) is 0 Å². The van der Waals surface area contributed by atoms with Crippen LogP contribution in [-0.2, 0) is 4.79 Å². The zero-order valence-electron chi connectivity index (χ0n) is 11.1. The second-order valence-electron chi connectivity index (χ2n) is 6.38. The van der Waals surface area contributed by atoms with Crippen molar-refractivity contribution in [3.05, 3.63) is 0 Å². The Morgan fingerprint density at radius 3 is 2.71 bits per heavy atom. The molecule has 0 spiro atoms. The molecular formula is C14H25NO2. The molecule has 17 heavy (non-hydrogen) atoms. The summed E-state index contributed by atoms with van der Waals surface area (Å²) in [5.41, 5.74) is -0.577. The highest BCUT2D eigenvalue weighted by Gasteiger charge is 2.36. The van der Waals surface area contributed by atoms with Gasteiger partial charge in [0.15, 0.2) is 0 Å². The maximum atomic E-state index is 11.1. The van der Waals surface area contributed by atoms with Gasteiger partial charge >= 0.3 is 5.97 Å². The third kappa shape index (κ3) is 2.82. The quantitative estimate of drug-likeness (QED) is 0.820. The first kappa shape index (κ1) is 12.9. The average Bonchev–Trinajstić information content (AvgIpc) is 2.69. The minimum Gasteiger partial charge on any atom is -0.481 e. The van der Waals surface area contributed by atoms with Crippen molar-refractivity contribution in [3.8, 4) is 0 Å². The van der Waals surface area contributed by atoms with E-state index in [1.807, 2.05) is 13.8 Å². The van der Waals surface area contributed by atoms with Crippen molar-refractivity contribution < 1.29 is 9.90 Å². The van der Waals surface area contributed by atoms with Crippen LogP contribution in [0.2, 0.25) is 0 Å². The molecular weight excluding hydrogens is 214 g/mol. The first-order chi connectivity index (χ1) is 8.00. The summed E-state index contributed by atoms with van der Waals surface area (Å²) in [6.07, 6.45) is 7.58. The normalized spacial score (nSPS) is 30.2. The lowest BCUT2D eigenvalue weighted by molar-refractivity contribution is -0.147. The number of carboxylic acids is 1. The van der Waals surface area contributed by atoms with Crippen molar-refractivity contribution in [2.45, 2.75) is 58.4 Å². The minimum absolute atomic E-state index is 0.577. The summed E-state index contributed by atoms with van der Waals surface area (Å²) in [7, 11) is 0. The first-order valence-electron chi connectivity index (χ1n) is 6.98. The van der Waals surface area contributed by atoms with Crippen molar-refractivity contribution in [3.63, 3.8) is 0 Å². The van der Waals surface area contributed by atoms with E-state index in [1.54, 1.807) is 0 Å². The Morgan fingerprint density at radius 2 is 2.00 bits per heavy atom. The van der Waals surface area contributed by atoms with Gasteiger partial charge in [-0.1, -0.05) is 12.8 Å². The summed E-state index contributed by atoms with van der Waals surface area (Å²) in [5, 5.41) is 9.13. The molecule has 1 saturated carbocycles. The standard InChI is InChI=1S/C14H25NO2/c1-14(2,13(16)17)8-10-15-9-7-11-5-3-4-6-12(11)15/h11-12H,3-10H2,1-2H3,(H,16,17). The molecule has 1 saturated heterocycles. The van der Waals surface area contributed by atoms with Gasteiger partial charge in [0.25, 0.3) is 0 Å². The Kier molecular flexibility index (Phi) is 3.76. The number of hydrogen-bond donors (Lipinski definition) is 1. The summed E-state index contributed by atoms with van der Waals surface area (Å²) in [6, 6.07) is 0.758. The van der Waals surface area contributed by atoms with Gasteiger partial charge in [-0.2, -0.15) is 0 Å².